The molecule has 0 saturated heterocycles. The Morgan fingerprint density at radius 1 is 1.18 bits per heavy atom. The predicted octanol–water partition coefficient (Wildman–Crippen LogP) is 4.00. The molecule has 1 heterocycles. The molecule has 7 heteroatoms. The summed E-state index contributed by atoms with van der Waals surface area (Å²) in [6.45, 7) is 2.15. The molecule has 3 aromatic rings. The van der Waals surface area contributed by atoms with Gasteiger partial charge in [-0.1, -0.05) is 36.4 Å². The number of aryl methyl sites for hydroxylation is 1. The molecule has 0 unspecified atom stereocenters. The normalized spacial score (nSPS) is 10.6. The number of amides is 1. The monoisotopic (exact) mass is 378 g/mol. The molecule has 144 valence electrons. The van der Waals surface area contributed by atoms with Gasteiger partial charge in [0.25, 0.3) is 11.6 Å². The minimum Gasteiger partial charge on any atom is -0.342 e. The van der Waals surface area contributed by atoms with E-state index in [2.05, 4.69) is 10.2 Å². The van der Waals surface area contributed by atoms with E-state index in [9.17, 15) is 14.9 Å². The maximum Gasteiger partial charge on any atom is 0.273 e. The summed E-state index contributed by atoms with van der Waals surface area (Å²) in [4.78, 5) is 24.9. The number of nitro groups is 1. The summed E-state index contributed by atoms with van der Waals surface area (Å²) in [6.07, 6.45) is 1.51. The van der Waals surface area contributed by atoms with Gasteiger partial charge in [-0.25, -0.2) is 0 Å². The van der Waals surface area contributed by atoms with Crippen molar-refractivity contribution in [2.75, 3.05) is 13.6 Å². The van der Waals surface area contributed by atoms with E-state index < -0.39 is 4.92 Å². The summed E-state index contributed by atoms with van der Waals surface area (Å²) >= 11 is 0. The standard InChI is InChI=1S/C21H22N4O3/c1-15-18(11-6-12-20(15)25(27)28)21(26)24(2)13-7-10-17-14-19(23-22-17)16-8-4-3-5-9-16/h3-6,8-9,11-12,14H,7,10,13H2,1-2H3,(H,22,23). The highest BCUT2D eigenvalue weighted by Gasteiger charge is 2.20. The first-order chi connectivity index (χ1) is 13.5. The van der Waals surface area contributed by atoms with Gasteiger partial charge in [0.05, 0.1) is 10.6 Å². The second-order valence-electron chi connectivity index (χ2n) is 6.68. The van der Waals surface area contributed by atoms with Gasteiger partial charge in [0.2, 0.25) is 0 Å². The molecular formula is C21H22N4O3. The van der Waals surface area contributed by atoms with Crippen molar-refractivity contribution in [1.82, 2.24) is 15.1 Å². The molecule has 1 aromatic heterocycles. The number of hydrogen-bond acceptors (Lipinski definition) is 4. The van der Waals surface area contributed by atoms with Crippen LogP contribution in [0, 0.1) is 17.0 Å². The Hall–Kier alpha value is -3.48. The third-order valence-electron chi connectivity index (χ3n) is 4.72. The fraction of sp³-hybridized carbons (Fsp3) is 0.238. The Kier molecular flexibility index (Phi) is 5.84. The molecule has 0 fully saturated rings. The Labute approximate surface area is 163 Å². The van der Waals surface area contributed by atoms with E-state index in [-0.39, 0.29) is 11.6 Å². The van der Waals surface area contributed by atoms with Crippen LogP contribution in [0.1, 0.15) is 28.0 Å². The van der Waals surface area contributed by atoms with E-state index in [4.69, 9.17) is 0 Å². The minimum atomic E-state index is -0.464. The van der Waals surface area contributed by atoms with Crippen molar-refractivity contribution in [2.24, 2.45) is 0 Å². The fourth-order valence-electron chi connectivity index (χ4n) is 3.11. The first-order valence-electron chi connectivity index (χ1n) is 9.06. The van der Waals surface area contributed by atoms with Gasteiger partial charge in [0, 0.05) is 42.0 Å². The molecule has 0 aliphatic rings. The molecule has 1 amide bonds. The first-order valence-corrected chi connectivity index (χ1v) is 9.06. The summed E-state index contributed by atoms with van der Waals surface area (Å²) < 4.78 is 0. The summed E-state index contributed by atoms with van der Waals surface area (Å²) in [6, 6.07) is 16.5. The average Bonchev–Trinajstić information content (AvgIpc) is 3.17. The van der Waals surface area contributed by atoms with Crippen molar-refractivity contribution >= 4 is 11.6 Å². The molecule has 1 N–H and O–H groups in total. The van der Waals surface area contributed by atoms with Gasteiger partial charge < -0.3 is 4.90 Å². The van der Waals surface area contributed by atoms with Crippen LogP contribution in [0.3, 0.4) is 0 Å². The number of nitro benzene ring substituents is 1. The lowest BCUT2D eigenvalue weighted by molar-refractivity contribution is -0.385. The topological polar surface area (TPSA) is 92.1 Å². The van der Waals surface area contributed by atoms with Crippen molar-refractivity contribution in [1.29, 1.82) is 0 Å². The number of nitrogens with zero attached hydrogens (tertiary/aromatic N) is 3. The SMILES string of the molecule is Cc1c(C(=O)N(C)CCCc2cc(-c3ccccc3)n[nH]2)cccc1[N+](=O)[O-]. The zero-order valence-corrected chi connectivity index (χ0v) is 15.9. The maximum atomic E-state index is 12.7. The van der Waals surface area contributed by atoms with Gasteiger partial charge >= 0.3 is 0 Å². The second kappa shape index (κ2) is 8.47. The molecule has 0 spiro atoms. The number of nitrogens with one attached hydrogen (secondary N) is 1. The van der Waals surface area contributed by atoms with E-state index >= 15 is 0 Å². The number of aromatic amines is 1. The number of rotatable bonds is 7. The van der Waals surface area contributed by atoms with Gasteiger partial charge in [0.15, 0.2) is 0 Å². The van der Waals surface area contributed by atoms with Crippen molar-refractivity contribution in [3.63, 3.8) is 0 Å². The summed E-state index contributed by atoms with van der Waals surface area (Å²) in [5.41, 5.74) is 3.68. The second-order valence-corrected chi connectivity index (χ2v) is 6.68. The third-order valence-corrected chi connectivity index (χ3v) is 4.72. The Morgan fingerprint density at radius 3 is 2.64 bits per heavy atom. The van der Waals surface area contributed by atoms with Gasteiger partial charge in [-0.15, -0.1) is 0 Å². The van der Waals surface area contributed by atoms with Gasteiger partial charge in [-0.2, -0.15) is 5.10 Å². The highest BCUT2D eigenvalue weighted by molar-refractivity contribution is 5.96. The first kappa shape index (κ1) is 19.3. The van der Waals surface area contributed by atoms with Crippen LogP contribution in [0.15, 0.2) is 54.6 Å². The molecule has 0 aliphatic heterocycles. The molecule has 28 heavy (non-hydrogen) atoms. The van der Waals surface area contributed by atoms with Crippen LogP contribution in [0.5, 0.6) is 0 Å². The van der Waals surface area contributed by atoms with Crippen LogP contribution in [0.25, 0.3) is 11.3 Å². The molecule has 3 rings (SSSR count). The molecule has 0 saturated carbocycles. The Balaban J connectivity index is 1.58. The minimum absolute atomic E-state index is 0.0369. The lowest BCUT2D eigenvalue weighted by Gasteiger charge is -2.18. The summed E-state index contributed by atoms with van der Waals surface area (Å²) in [5, 5.41) is 18.4. The molecule has 0 atom stereocenters. The number of hydrogen-bond donors (Lipinski definition) is 1. The predicted molar refractivity (Wildman–Crippen MR) is 107 cm³/mol. The van der Waals surface area contributed by atoms with E-state index in [1.165, 1.54) is 6.07 Å². The lowest BCUT2D eigenvalue weighted by Crippen LogP contribution is -2.28. The zero-order chi connectivity index (χ0) is 20.1. The van der Waals surface area contributed by atoms with Crippen molar-refractivity contribution < 1.29 is 9.72 Å². The van der Waals surface area contributed by atoms with Crippen molar-refractivity contribution in [3.8, 4) is 11.3 Å². The molecule has 0 aliphatic carbocycles. The Morgan fingerprint density at radius 2 is 1.93 bits per heavy atom. The van der Waals surface area contributed by atoms with Crippen molar-refractivity contribution in [3.05, 3.63) is 81.5 Å². The number of carbonyl (C=O) groups excluding carboxylic acids is 1. The number of H-pyrrole nitrogens is 1. The van der Waals surface area contributed by atoms with Crippen LogP contribution in [0.2, 0.25) is 0 Å². The van der Waals surface area contributed by atoms with Crippen LogP contribution in [-0.4, -0.2) is 39.5 Å². The smallest absolute Gasteiger partial charge is 0.273 e. The van der Waals surface area contributed by atoms with Gasteiger partial charge in [-0.3, -0.25) is 20.0 Å². The number of aromatic nitrogens is 2. The summed E-state index contributed by atoms with van der Waals surface area (Å²) in [5.74, 6) is -0.212. The van der Waals surface area contributed by atoms with Crippen LogP contribution >= 0.6 is 0 Å². The lowest BCUT2D eigenvalue weighted by atomic mass is 10.1. The van der Waals surface area contributed by atoms with Gasteiger partial charge in [0.1, 0.15) is 0 Å². The van der Waals surface area contributed by atoms with E-state index in [0.717, 1.165) is 29.8 Å². The van der Waals surface area contributed by atoms with Crippen LogP contribution in [0.4, 0.5) is 5.69 Å². The maximum absolute atomic E-state index is 12.7. The Bertz CT molecular complexity index is 982. The van der Waals surface area contributed by atoms with E-state index in [1.54, 1.807) is 31.0 Å². The molecule has 7 nitrogen and oxygen atoms in total. The number of carbonyl (C=O) groups is 1. The largest absolute Gasteiger partial charge is 0.342 e. The van der Waals surface area contributed by atoms with Gasteiger partial charge in [-0.05, 0) is 31.9 Å². The van der Waals surface area contributed by atoms with E-state index in [1.807, 2.05) is 36.4 Å². The van der Waals surface area contributed by atoms with Crippen LogP contribution in [-0.2, 0) is 6.42 Å². The van der Waals surface area contributed by atoms with Crippen molar-refractivity contribution in [2.45, 2.75) is 19.8 Å². The zero-order valence-electron chi connectivity index (χ0n) is 15.9. The summed E-state index contributed by atoms with van der Waals surface area (Å²) in [7, 11) is 1.71. The van der Waals surface area contributed by atoms with Crippen LogP contribution < -0.4 is 0 Å². The molecule has 2 aromatic carbocycles. The third kappa shape index (κ3) is 4.25. The fourth-order valence-corrected chi connectivity index (χ4v) is 3.11. The highest BCUT2D eigenvalue weighted by atomic mass is 16.6. The van der Waals surface area contributed by atoms with E-state index in [0.29, 0.717) is 17.7 Å². The number of benzene rings is 2. The molecule has 0 radical (unpaired) electrons. The molecule has 0 bridgehead atoms. The quantitative estimate of drug-likeness (QED) is 0.497. The molecular weight excluding hydrogens is 356 g/mol. The highest BCUT2D eigenvalue weighted by Crippen LogP contribution is 2.22. The average molecular weight is 378 g/mol.